The van der Waals surface area contributed by atoms with Gasteiger partial charge in [-0.3, -0.25) is 0 Å². The predicted octanol–water partition coefficient (Wildman–Crippen LogP) is 1.03. The molecule has 1 aliphatic rings. The molecule has 0 radical (unpaired) electrons. The maximum atomic E-state index is 11.9. The number of hydrogen-bond donors (Lipinski definition) is 2. The summed E-state index contributed by atoms with van der Waals surface area (Å²) >= 11 is 0. The zero-order valence-electron chi connectivity index (χ0n) is 13.0. The van der Waals surface area contributed by atoms with Gasteiger partial charge >= 0.3 is 0 Å². The third kappa shape index (κ3) is 7.57. The third-order valence-corrected chi connectivity index (χ3v) is 5.37. The Balaban J connectivity index is 2.13. The molecule has 2 N–H and O–H groups in total. The van der Waals surface area contributed by atoms with Crippen molar-refractivity contribution in [2.24, 2.45) is 5.92 Å². The SMILES string of the molecule is CCCNCCCS(=O)(=O)NCC1CCN(CC)CC1. The fourth-order valence-corrected chi connectivity index (χ4v) is 3.67. The minimum absolute atomic E-state index is 0.234. The van der Waals surface area contributed by atoms with Crippen LogP contribution in [-0.4, -0.2) is 58.3 Å². The van der Waals surface area contributed by atoms with E-state index in [0.29, 0.717) is 18.9 Å². The zero-order chi connectivity index (χ0) is 14.8. The summed E-state index contributed by atoms with van der Waals surface area (Å²) in [5.74, 6) is 0.739. The maximum Gasteiger partial charge on any atom is 0.211 e. The molecule has 1 saturated heterocycles. The lowest BCUT2D eigenvalue weighted by Gasteiger charge is -2.30. The molecule has 0 aromatic rings. The van der Waals surface area contributed by atoms with E-state index >= 15 is 0 Å². The summed E-state index contributed by atoms with van der Waals surface area (Å²) in [5.41, 5.74) is 0. The normalized spacial score (nSPS) is 18.5. The zero-order valence-corrected chi connectivity index (χ0v) is 13.8. The van der Waals surface area contributed by atoms with E-state index in [1.165, 1.54) is 0 Å². The van der Waals surface area contributed by atoms with Gasteiger partial charge < -0.3 is 10.2 Å². The highest BCUT2D eigenvalue weighted by atomic mass is 32.2. The second-order valence-corrected chi connectivity index (χ2v) is 7.57. The van der Waals surface area contributed by atoms with Gasteiger partial charge in [-0.1, -0.05) is 13.8 Å². The molecule has 0 aliphatic carbocycles. The van der Waals surface area contributed by atoms with Crippen molar-refractivity contribution in [2.45, 2.75) is 39.5 Å². The highest BCUT2D eigenvalue weighted by molar-refractivity contribution is 7.89. The number of piperidine rings is 1. The van der Waals surface area contributed by atoms with Gasteiger partial charge in [0.1, 0.15) is 0 Å². The van der Waals surface area contributed by atoms with Gasteiger partial charge in [0.2, 0.25) is 10.0 Å². The smallest absolute Gasteiger partial charge is 0.211 e. The van der Waals surface area contributed by atoms with Crippen molar-refractivity contribution in [2.75, 3.05) is 45.0 Å². The van der Waals surface area contributed by atoms with E-state index in [1.807, 2.05) is 0 Å². The first-order valence-electron chi connectivity index (χ1n) is 7.97. The summed E-state index contributed by atoms with van der Waals surface area (Å²) < 4.78 is 26.5. The number of likely N-dealkylation sites (tertiary alicyclic amines) is 1. The van der Waals surface area contributed by atoms with Crippen LogP contribution in [-0.2, 0) is 10.0 Å². The van der Waals surface area contributed by atoms with Gasteiger partial charge in [-0.05, 0) is 64.3 Å². The number of sulfonamides is 1. The van der Waals surface area contributed by atoms with Crippen LogP contribution in [0.3, 0.4) is 0 Å². The summed E-state index contributed by atoms with van der Waals surface area (Å²) in [6.07, 6.45) is 3.98. The van der Waals surface area contributed by atoms with Crippen LogP contribution in [0, 0.1) is 5.92 Å². The molecule has 120 valence electrons. The van der Waals surface area contributed by atoms with E-state index in [0.717, 1.165) is 52.0 Å². The standard InChI is InChI=1S/C14H31N3O2S/c1-3-8-15-9-5-12-20(18,19)16-13-14-6-10-17(4-2)11-7-14/h14-16H,3-13H2,1-2H3. The van der Waals surface area contributed by atoms with Gasteiger partial charge in [-0.2, -0.15) is 0 Å². The van der Waals surface area contributed by atoms with Crippen LogP contribution in [0.25, 0.3) is 0 Å². The minimum atomic E-state index is -3.09. The monoisotopic (exact) mass is 305 g/mol. The molecule has 1 rings (SSSR count). The molecule has 0 amide bonds. The Labute approximate surface area is 124 Å². The molecule has 20 heavy (non-hydrogen) atoms. The summed E-state index contributed by atoms with van der Waals surface area (Å²) in [7, 11) is -3.09. The first-order valence-corrected chi connectivity index (χ1v) is 9.63. The van der Waals surface area contributed by atoms with Crippen molar-refractivity contribution in [3.05, 3.63) is 0 Å². The van der Waals surface area contributed by atoms with Gasteiger partial charge in [-0.25, -0.2) is 13.1 Å². The molecule has 0 aromatic heterocycles. The van der Waals surface area contributed by atoms with Crippen molar-refractivity contribution < 1.29 is 8.42 Å². The molecular weight excluding hydrogens is 274 g/mol. The van der Waals surface area contributed by atoms with E-state index in [9.17, 15) is 8.42 Å². The van der Waals surface area contributed by atoms with Crippen LogP contribution in [0.15, 0.2) is 0 Å². The van der Waals surface area contributed by atoms with Crippen LogP contribution >= 0.6 is 0 Å². The minimum Gasteiger partial charge on any atom is -0.317 e. The summed E-state index contributed by atoms with van der Waals surface area (Å²) in [6, 6.07) is 0. The summed E-state index contributed by atoms with van der Waals surface area (Å²) in [4.78, 5) is 2.42. The third-order valence-electron chi connectivity index (χ3n) is 3.94. The molecular formula is C14H31N3O2S. The lowest BCUT2D eigenvalue weighted by molar-refractivity contribution is 0.194. The molecule has 1 fully saturated rings. The molecule has 1 aliphatic heterocycles. The van der Waals surface area contributed by atoms with Crippen LogP contribution < -0.4 is 10.0 Å². The Hall–Kier alpha value is -0.170. The fourth-order valence-electron chi connectivity index (χ4n) is 2.51. The highest BCUT2D eigenvalue weighted by Crippen LogP contribution is 2.16. The maximum absolute atomic E-state index is 11.9. The molecule has 0 aromatic carbocycles. The van der Waals surface area contributed by atoms with Gasteiger partial charge in [0.15, 0.2) is 0 Å². The molecule has 0 bridgehead atoms. The van der Waals surface area contributed by atoms with Crippen molar-refractivity contribution in [1.29, 1.82) is 0 Å². The second-order valence-electron chi connectivity index (χ2n) is 5.65. The van der Waals surface area contributed by atoms with Crippen LogP contribution in [0.1, 0.15) is 39.5 Å². The average Bonchev–Trinajstić information content (AvgIpc) is 2.45. The number of hydrogen-bond acceptors (Lipinski definition) is 4. The second kappa shape index (κ2) is 9.71. The molecule has 0 unspecified atom stereocenters. The first kappa shape index (κ1) is 17.9. The molecule has 6 heteroatoms. The van der Waals surface area contributed by atoms with E-state index in [1.54, 1.807) is 0 Å². The molecule has 0 saturated carbocycles. The van der Waals surface area contributed by atoms with Crippen molar-refractivity contribution in [3.8, 4) is 0 Å². The number of nitrogens with one attached hydrogen (secondary N) is 2. The highest BCUT2D eigenvalue weighted by Gasteiger charge is 2.19. The Morgan fingerprint density at radius 3 is 2.45 bits per heavy atom. The van der Waals surface area contributed by atoms with Crippen molar-refractivity contribution >= 4 is 10.0 Å². The van der Waals surface area contributed by atoms with Gasteiger partial charge in [0.25, 0.3) is 0 Å². The van der Waals surface area contributed by atoms with E-state index in [4.69, 9.17) is 0 Å². The predicted molar refractivity (Wildman–Crippen MR) is 84.4 cm³/mol. The Morgan fingerprint density at radius 1 is 1.15 bits per heavy atom. The summed E-state index contributed by atoms with van der Waals surface area (Å²) in [6.45, 7) is 9.94. The van der Waals surface area contributed by atoms with Gasteiger partial charge in [-0.15, -0.1) is 0 Å². The molecule has 0 atom stereocenters. The Bertz CT molecular complexity index is 338. The Morgan fingerprint density at radius 2 is 1.85 bits per heavy atom. The molecule has 1 heterocycles. The van der Waals surface area contributed by atoms with Gasteiger partial charge in [0.05, 0.1) is 5.75 Å². The van der Waals surface area contributed by atoms with Crippen molar-refractivity contribution in [3.63, 3.8) is 0 Å². The largest absolute Gasteiger partial charge is 0.317 e. The lowest BCUT2D eigenvalue weighted by Crippen LogP contribution is -2.39. The van der Waals surface area contributed by atoms with Gasteiger partial charge in [0, 0.05) is 6.54 Å². The first-order chi connectivity index (χ1) is 9.57. The fraction of sp³-hybridized carbons (Fsp3) is 1.00. The molecule has 0 spiro atoms. The number of rotatable bonds is 10. The van der Waals surface area contributed by atoms with Crippen LogP contribution in [0.4, 0.5) is 0 Å². The van der Waals surface area contributed by atoms with Crippen molar-refractivity contribution in [1.82, 2.24) is 14.9 Å². The van der Waals surface area contributed by atoms with E-state index in [2.05, 4.69) is 28.8 Å². The Kier molecular flexibility index (Phi) is 8.68. The average molecular weight is 305 g/mol. The van der Waals surface area contributed by atoms with Crippen LogP contribution in [0.5, 0.6) is 0 Å². The number of nitrogens with zero attached hydrogens (tertiary/aromatic N) is 1. The topological polar surface area (TPSA) is 61.4 Å². The van der Waals surface area contributed by atoms with E-state index < -0.39 is 10.0 Å². The summed E-state index contributed by atoms with van der Waals surface area (Å²) in [5, 5.41) is 3.23. The quantitative estimate of drug-likeness (QED) is 0.592. The van der Waals surface area contributed by atoms with E-state index in [-0.39, 0.29) is 5.75 Å². The lowest BCUT2D eigenvalue weighted by atomic mass is 9.97. The van der Waals surface area contributed by atoms with Crippen LogP contribution in [0.2, 0.25) is 0 Å². The molecule has 5 nitrogen and oxygen atoms in total.